The average molecular weight is 320 g/mol. The highest BCUT2D eigenvalue weighted by Gasteiger charge is 2.16. The first-order valence-corrected chi connectivity index (χ1v) is 8.90. The summed E-state index contributed by atoms with van der Waals surface area (Å²) >= 11 is 0. The topological polar surface area (TPSA) is 63.1 Å². The van der Waals surface area contributed by atoms with Crippen molar-refractivity contribution in [3.8, 4) is 5.75 Å². The number of Topliss-reactive ketones (excluding diaryl/α,β-unsaturated/α-hetero) is 1. The third kappa shape index (κ3) is 6.71. The molecule has 0 bridgehead atoms. The summed E-state index contributed by atoms with van der Waals surface area (Å²) in [5.41, 5.74) is 0.676. The van der Waals surface area contributed by atoms with Gasteiger partial charge in [-0.3, -0.25) is 4.79 Å². The smallest absolute Gasteiger partial charge is 0.159 e. The molecule has 0 radical (unpaired) electrons. The van der Waals surface area contributed by atoms with E-state index in [0.717, 1.165) is 0 Å². The van der Waals surface area contributed by atoms with E-state index in [1.54, 1.807) is 31.2 Å². The second kappa shape index (κ2) is 9.68. The highest BCUT2D eigenvalue weighted by Crippen LogP contribution is 2.15. The van der Waals surface area contributed by atoms with Crippen LogP contribution in [-0.2, 0) is 0 Å². The van der Waals surface area contributed by atoms with Crippen LogP contribution >= 0.6 is 0 Å². The van der Waals surface area contributed by atoms with Crippen LogP contribution in [0, 0.1) is 0 Å². The van der Waals surface area contributed by atoms with Crippen LogP contribution in [0.1, 0.15) is 62.2 Å². The van der Waals surface area contributed by atoms with Gasteiger partial charge in [0, 0.05) is 5.56 Å². The molecule has 4 nitrogen and oxygen atoms in total. The van der Waals surface area contributed by atoms with Crippen LogP contribution in [-0.4, -0.2) is 36.2 Å². The van der Waals surface area contributed by atoms with Crippen molar-refractivity contribution in [3.05, 3.63) is 29.8 Å². The Morgan fingerprint density at radius 3 is 2.39 bits per heavy atom. The van der Waals surface area contributed by atoms with E-state index in [9.17, 15) is 9.90 Å². The number of carbonyl (C=O) groups excluding carboxylic acids is 1. The summed E-state index contributed by atoms with van der Waals surface area (Å²) in [7, 11) is 0. The molecule has 1 aromatic carbocycles. The summed E-state index contributed by atoms with van der Waals surface area (Å²) in [6.07, 6.45) is 8.78. The number of ketones is 1. The Bertz CT molecular complexity index is 464. The Balaban J connectivity index is 1.67. The molecule has 0 saturated heterocycles. The van der Waals surface area contributed by atoms with Crippen molar-refractivity contribution >= 4 is 5.78 Å². The molecule has 0 unspecified atom stereocenters. The molecule has 0 spiro atoms. The maximum Gasteiger partial charge on any atom is 0.159 e. The number of aliphatic hydroxyl groups is 1. The number of hydrogen-bond donors (Lipinski definition) is 2. The average Bonchev–Trinajstić information content (AvgIpc) is 2.52. The van der Waals surface area contributed by atoms with Gasteiger partial charge in [0.25, 0.3) is 0 Å². The van der Waals surface area contributed by atoms with Crippen molar-refractivity contribution in [3.63, 3.8) is 0 Å². The number of rotatable bonds is 7. The number of aliphatic hydroxyl groups excluding tert-OH is 1. The van der Waals surface area contributed by atoms with Gasteiger partial charge in [0.05, 0.1) is 6.04 Å². The molecule has 1 atom stereocenters. The van der Waals surface area contributed by atoms with Crippen molar-refractivity contribution < 1.29 is 20.0 Å². The quantitative estimate of drug-likeness (QED) is 0.758. The normalized spacial score (nSPS) is 18.0. The SMILES string of the molecule is CC(=O)c1ccc(OC[C@@H](O)C[NH2+]C2CCCCCCC2)cc1. The number of benzene rings is 1. The van der Waals surface area contributed by atoms with Gasteiger partial charge in [-0.15, -0.1) is 0 Å². The molecule has 3 N–H and O–H groups in total. The zero-order chi connectivity index (χ0) is 16.5. The Labute approximate surface area is 139 Å². The molecular weight excluding hydrogens is 290 g/mol. The van der Waals surface area contributed by atoms with Gasteiger partial charge in [-0.1, -0.05) is 19.3 Å². The zero-order valence-electron chi connectivity index (χ0n) is 14.2. The van der Waals surface area contributed by atoms with Crippen molar-refractivity contribution in [2.75, 3.05) is 13.2 Å². The van der Waals surface area contributed by atoms with E-state index in [4.69, 9.17) is 4.74 Å². The fourth-order valence-corrected chi connectivity index (χ4v) is 3.12. The van der Waals surface area contributed by atoms with Gasteiger partial charge >= 0.3 is 0 Å². The number of quaternary nitrogens is 1. The van der Waals surface area contributed by atoms with Crippen LogP contribution in [0.15, 0.2) is 24.3 Å². The molecule has 0 aliphatic heterocycles. The number of nitrogens with two attached hydrogens (primary N) is 1. The molecule has 2 rings (SSSR count). The maximum absolute atomic E-state index is 11.2. The molecule has 1 aliphatic rings. The molecule has 0 aromatic heterocycles. The summed E-state index contributed by atoms with van der Waals surface area (Å²) in [5.74, 6) is 0.741. The fourth-order valence-electron chi connectivity index (χ4n) is 3.12. The molecule has 23 heavy (non-hydrogen) atoms. The first kappa shape index (κ1) is 18.0. The molecule has 0 heterocycles. The van der Waals surface area contributed by atoms with Gasteiger partial charge in [-0.05, 0) is 56.9 Å². The van der Waals surface area contributed by atoms with E-state index in [2.05, 4.69) is 5.32 Å². The minimum Gasteiger partial charge on any atom is -0.491 e. The minimum atomic E-state index is -0.465. The number of carbonyl (C=O) groups is 1. The lowest BCUT2D eigenvalue weighted by Gasteiger charge is -2.20. The molecule has 128 valence electrons. The van der Waals surface area contributed by atoms with Crippen LogP contribution in [0.25, 0.3) is 0 Å². The van der Waals surface area contributed by atoms with Gasteiger partial charge in [-0.2, -0.15) is 0 Å². The largest absolute Gasteiger partial charge is 0.491 e. The summed E-state index contributed by atoms with van der Waals surface area (Å²) in [6, 6.07) is 7.72. The van der Waals surface area contributed by atoms with Gasteiger partial charge in [-0.25, -0.2) is 0 Å². The lowest BCUT2D eigenvalue weighted by molar-refractivity contribution is -0.696. The van der Waals surface area contributed by atoms with Crippen molar-refractivity contribution in [1.82, 2.24) is 0 Å². The molecule has 1 aromatic rings. The molecule has 1 fully saturated rings. The summed E-state index contributed by atoms with van der Waals surface area (Å²) in [5, 5.41) is 12.4. The van der Waals surface area contributed by atoms with Crippen LogP contribution in [0.5, 0.6) is 5.75 Å². The van der Waals surface area contributed by atoms with Crippen LogP contribution in [0.2, 0.25) is 0 Å². The van der Waals surface area contributed by atoms with Crippen molar-refractivity contribution in [2.45, 2.75) is 64.0 Å². The predicted octanol–water partition coefficient (Wildman–Crippen LogP) is 2.31. The summed E-state index contributed by atoms with van der Waals surface area (Å²) < 4.78 is 5.61. The zero-order valence-corrected chi connectivity index (χ0v) is 14.2. The van der Waals surface area contributed by atoms with E-state index in [0.29, 0.717) is 30.5 Å². The second-order valence-electron chi connectivity index (χ2n) is 6.62. The summed E-state index contributed by atoms with van der Waals surface area (Å²) in [4.78, 5) is 11.2. The maximum atomic E-state index is 11.2. The number of hydrogen-bond acceptors (Lipinski definition) is 3. The van der Waals surface area contributed by atoms with Gasteiger partial charge in [0.2, 0.25) is 0 Å². The van der Waals surface area contributed by atoms with Gasteiger partial charge in [0.1, 0.15) is 25.0 Å². The molecule has 4 heteroatoms. The highest BCUT2D eigenvalue weighted by atomic mass is 16.5. The molecule has 1 aliphatic carbocycles. The first-order valence-electron chi connectivity index (χ1n) is 8.90. The predicted molar refractivity (Wildman–Crippen MR) is 90.8 cm³/mol. The first-order chi connectivity index (χ1) is 11.1. The van der Waals surface area contributed by atoms with Gasteiger partial charge < -0.3 is 15.2 Å². The van der Waals surface area contributed by atoms with Gasteiger partial charge in [0.15, 0.2) is 5.78 Å². The van der Waals surface area contributed by atoms with E-state index < -0.39 is 6.10 Å². The highest BCUT2D eigenvalue weighted by molar-refractivity contribution is 5.94. The fraction of sp³-hybridized carbons (Fsp3) is 0.632. The lowest BCUT2D eigenvalue weighted by Crippen LogP contribution is -2.92. The van der Waals surface area contributed by atoms with Crippen molar-refractivity contribution in [2.24, 2.45) is 0 Å². The van der Waals surface area contributed by atoms with Crippen LogP contribution in [0.3, 0.4) is 0 Å². The third-order valence-electron chi connectivity index (χ3n) is 4.59. The van der Waals surface area contributed by atoms with Crippen LogP contribution in [0.4, 0.5) is 0 Å². The molecule has 1 saturated carbocycles. The third-order valence-corrected chi connectivity index (χ3v) is 4.59. The Morgan fingerprint density at radius 2 is 1.78 bits per heavy atom. The Morgan fingerprint density at radius 1 is 1.17 bits per heavy atom. The molecular formula is C19H30NO3+. The Kier molecular flexibility index (Phi) is 7.56. The van der Waals surface area contributed by atoms with Crippen LogP contribution < -0.4 is 10.1 Å². The van der Waals surface area contributed by atoms with Crippen molar-refractivity contribution in [1.29, 1.82) is 0 Å². The van der Waals surface area contributed by atoms with E-state index in [1.165, 1.54) is 44.9 Å². The standard InChI is InChI=1S/C19H29NO3/c1-15(21)16-9-11-19(12-10-16)23-14-18(22)13-20-17-7-5-3-2-4-6-8-17/h9-12,17-18,20,22H,2-8,13-14H2,1H3/p+1/t18-/m0/s1. The van der Waals surface area contributed by atoms with E-state index in [1.807, 2.05) is 0 Å². The van der Waals surface area contributed by atoms with E-state index >= 15 is 0 Å². The lowest BCUT2D eigenvalue weighted by atomic mass is 9.96. The second-order valence-corrected chi connectivity index (χ2v) is 6.62. The monoisotopic (exact) mass is 320 g/mol. The molecule has 0 amide bonds. The Hall–Kier alpha value is -1.39. The summed E-state index contributed by atoms with van der Waals surface area (Å²) in [6.45, 7) is 2.53. The minimum absolute atomic E-state index is 0.0467. The number of ether oxygens (including phenoxy) is 1. The van der Waals surface area contributed by atoms with E-state index in [-0.39, 0.29) is 5.78 Å².